The summed E-state index contributed by atoms with van der Waals surface area (Å²) < 4.78 is 5.11. The fraction of sp³-hybridized carbons (Fsp3) is 0.375. The summed E-state index contributed by atoms with van der Waals surface area (Å²) in [5.41, 5.74) is 8.02. The standard InChI is InChI=1S/C20H24N4O3.C4H8N2O/c1-27-17-8-4-15(5-9-17)13-23-20(26)24-16-6-2-14(3-7-16)12-22-18-10-11-21-19(18)25;5-3-1-2-6-4(3)7/h2-9,18,22H,10-13H2,1H3,(H,21,25)(H2,23,24,26);3H,1-2,5H2,(H,6,7). The van der Waals surface area contributed by atoms with Gasteiger partial charge in [0.05, 0.1) is 19.2 Å². The minimum Gasteiger partial charge on any atom is -0.497 e. The summed E-state index contributed by atoms with van der Waals surface area (Å²) in [5, 5.41) is 14.3. The van der Waals surface area contributed by atoms with E-state index < -0.39 is 0 Å². The zero-order valence-corrected chi connectivity index (χ0v) is 19.2. The summed E-state index contributed by atoms with van der Waals surface area (Å²) in [5.74, 6) is 0.827. The Morgan fingerprint density at radius 3 is 2.09 bits per heavy atom. The van der Waals surface area contributed by atoms with Crippen molar-refractivity contribution in [3.05, 3.63) is 59.7 Å². The van der Waals surface area contributed by atoms with Crippen LogP contribution >= 0.6 is 0 Å². The van der Waals surface area contributed by atoms with Gasteiger partial charge in [-0.25, -0.2) is 4.79 Å². The van der Waals surface area contributed by atoms with Crippen molar-refractivity contribution in [2.75, 3.05) is 25.5 Å². The summed E-state index contributed by atoms with van der Waals surface area (Å²) in [4.78, 5) is 33.9. The number of ether oxygens (including phenoxy) is 1. The molecule has 2 aromatic carbocycles. The number of carbonyl (C=O) groups excluding carboxylic acids is 3. The summed E-state index contributed by atoms with van der Waals surface area (Å²) in [6, 6.07) is 14.5. The number of hydrogen-bond donors (Lipinski definition) is 6. The first-order valence-corrected chi connectivity index (χ1v) is 11.3. The molecule has 2 aromatic rings. The molecule has 182 valence electrons. The molecule has 10 nitrogen and oxygen atoms in total. The van der Waals surface area contributed by atoms with Crippen LogP contribution in [0.2, 0.25) is 0 Å². The van der Waals surface area contributed by atoms with Crippen LogP contribution in [0.25, 0.3) is 0 Å². The average Bonchev–Trinajstić information content (AvgIpc) is 3.44. The van der Waals surface area contributed by atoms with Crippen LogP contribution in [0.3, 0.4) is 0 Å². The zero-order chi connectivity index (χ0) is 24.3. The van der Waals surface area contributed by atoms with Crippen molar-refractivity contribution in [3.63, 3.8) is 0 Å². The number of amides is 4. The molecule has 2 aliphatic heterocycles. The number of urea groups is 1. The van der Waals surface area contributed by atoms with E-state index in [0.29, 0.717) is 18.8 Å². The largest absolute Gasteiger partial charge is 0.497 e. The third-order valence-corrected chi connectivity index (χ3v) is 5.52. The Bertz CT molecular complexity index is 964. The third kappa shape index (κ3) is 7.75. The summed E-state index contributed by atoms with van der Waals surface area (Å²) >= 11 is 0. The quantitative estimate of drug-likeness (QED) is 0.355. The normalized spacial score (nSPS) is 18.9. The molecule has 2 saturated heterocycles. The first-order valence-electron chi connectivity index (χ1n) is 11.3. The minimum absolute atomic E-state index is 0.0139. The highest BCUT2D eigenvalue weighted by atomic mass is 16.5. The first-order chi connectivity index (χ1) is 16.4. The molecule has 34 heavy (non-hydrogen) atoms. The van der Waals surface area contributed by atoms with Crippen LogP contribution in [-0.2, 0) is 22.7 Å². The van der Waals surface area contributed by atoms with Gasteiger partial charge in [-0.15, -0.1) is 0 Å². The van der Waals surface area contributed by atoms with Gasteiger partial charge in [0, 0.05) is 31.9 Å². The van der Waals surface area contributed by atoms with Gasteiger partial charge < -0.3 is 37.1 Å². The number of carbonyl (C=O) groups is 3. The van der Waals surface area contributed by atoms with Crippen LogP contribution in [-0.4, -0.2) is 50.1 Å². The van der Waals surface area contributed by atoms with Gasteiger partial charge in [-0.3, -0.25) is 9.59 Å². The summed E-state index contributed by atoms with van der Waals surface area (Å²) in [6.45, 7) is 2.52. The zero-order valence-electron chi connectivity index (χ0n) is 19.2. The maximum Gasteiger partial charge on any atom is 0.319 e. The van der Waals surface area contributed by atoms with Gasteiger partial charge >= 0.3 is 6.03 Å². The minimum atomic E-state index is -0.265. The second-order valence-electron chi connectivity index (χ2n) is 8.05. The van der Waals surface area contributed by atoms with Crippen molar-refractivity contribution in [2.24, 2.45) is 5.73 Å². The molecule has 0 radical (unpaired) electrons. The van der Waals surface area contributed by atoms with Crippen molar-refractivity contribution < 1.29 is 19.1 Å². The smallest absolute Gasteiger partial charge is 0.319 e. The van der Waals surface area contributed by atoms with Gasteiger partial charge in [-0.1, -0.05) is 24.3 Å². The van der Waals surface area contributed by atoms with Crippen LogP contribution < -0.4 is 37.1 Å². The van der Waals surface area contributed by atoms with E-state index >= 15 is 0 Å². The number of benzene rings is 2. The van der Waals surface area contributed by atoms with Gasteiger partial charge in [0.15, 0.2) is 0 Å². The molecule has 2 atom stereocenters. The number of anilines is 1. The molecule has 10 heteroatoms. The van der Waals surface area contributed by atoms with E-state index in [1.807, 2.05) is 48.5 Å². The maximum atomic E-state index is 12.0. The van der Waals surface area contributed by atoms with E-state index in [9.17, 15) is 14.4 Å². The van der Waals surface area contributed by atoms with Crippen molar-refractivity contribution in [2.45, 2.75) is 38.0 Å². The number of methoxy groups -OCH3 is 1. The van der Waals surface area contributed by atoms with E-state index in [2.05, 4.69) is 26.6 Å². The molecule has 0 aliphatic carbocycles. The molecule has 0 bridgehead atoms. The molecule has 4 amide bonds. The van der Waals surface area contributed by atoms with Crippen LogP contribution in [0, 0.1) is 0 Å². The molecule has 0 saturated carbocycles. The summed E-state index contributed by atoms with van der Waals surface area (Å²) in [7, 11) is 1.62. The van der Waals surface area contributed by atoms with Crippen LogP contribution in [0.5, 0.6) is 5.75 Å². The van der Waals surface area contributed by atoms with Gasteiger partial charge in [0.2, 0.25) is 11.8 Å². The highest BCUT2D eigenvalue weighted by Crippen LogP contribution is 2.12. The van der Waals surface area contributed by atoms with Gasteiger partial charge in [-0.05, 0) is 48.2 Å². The van der Waals surface area contributed by atoms with Crippen molar-refractivity contribution in [1.29, 1.82) is 0 Å². The molecule has 2 heterocycles. The van der Waals surface area contributed by atoms with Crippen molar-refractivity contribution in [3.8, 4) is 5.75 Å². The van der Waals surface area contributed by atoms with Gasteiger partial charge in [-0.2, -0.15) is 0 Å². The lowest BCUT2D eigenvalue weighted by atomic mass is 10.2. The molecule has 4 rings (SSSR count). The van der Waals surface area contributed by atoms with E-state index in [1.165, 1.54) is 0 Å². The number of nitrogens with one attached hydrogen (secondary N) is 5. The predicted molar refractivity (Wildman–Crippen MR) is 129 cm³/mol. The lowest BCUT2D eigenvalue weighted by Crippen LogP contribution is -2.35. The second-order valence-corrected chi connectivity index (χ2v) is 8.05. The van der Waals surface area contributed by atoms with Crippen molar-refractivity contribution in [1.82, 2.24) is 21.3 Å². The monoisotopic (exact) mass is 468 g/mol. The summed E-state index contributed by atoms with van der Waals surface area (Å²) in [6.07, 6.45) is 1.60. The second kappa shape index (κ2) is 12.6. The number of hydrogen-bond acceptors (Lipinski definition) is 6. The molecular weight excluding hydrogens is 436 g/mol. The topological polar surface area (TPSA) is 147 Å². The molecule has 7 N–H and O–H groups in total. The average molecular weight is 469 g/mol. The molecule has 2 fully saturated rings. The van der Waals surface area contributed by atoms with Crippen LogP contribution in [0.15, 0.2) is 48.5 Å². The van der Waals surface area contributed by atoms with Crippen LogP contribution in [0.4, 0.5) is 10.5 Å². The Morgan fingerprint density at radius 2 is 1.56 bits per heavy atom. The van der Waals surface area contributed by atoms with Gasteiger partial charge in [0.25, 0.3) is 0 Å². The van der Waals surface area contributed by atoms with E-state index in [1.54, 1.807) is 7.11 Å². The fourth-order valence-electron chi connectivity index (χ4n) is 3.45. The molecule has 0 aromatic heterocycles. The van der Waals surface area contributed by atoms with Gasteiger partial charge in [0.1, 0.15) is 5.75 Å². The molecule has 2 unspecified atom stereocenters. The fourth-order valence-corrected chi connectivity index (χ4v) is 3.45. The SMILES string of the molecule is COc1ccc(CNC(=O)Nc2ccc(CNC3CCNC3=O)cc2)cc1.NC1CCNC1=O. The third-order valence-electron chi connectivity index (χ3n) is 5.52. The number of nitrogens with two attached hydrogens (primary N) is 1. The van der Waals surface area contributed by atoms with E-state index in [-0.39, 0.29) is 29.9 Å². The molecule has 0 spiro atoms. The maximum absolute atomic E-state index is 12.0. The van der Waals surface area contributed by atoms with Crippen molar-refractivity contribution >= 4 is 23.5 Å². The van der Waals surface area contributed by atoms with Crippen LogP contribution in [0.1, 0.15) is 24.0 Å². The molecular formula is C24H32N6O4. The Labute approximate surface area is 199 Å². The van der Waals surface area contributed by atoms with E-state index in [0.717, 1.165) is 42.8 Å². The highest BCUT2D eigenvalue weighted by Gasteiger charge is 2.22. The molecule has 2 aliphatic rings. The lowest BCUT2D eigenvalue weighted by Gasteiger charge is -2.11. The highest BCUT2D eigenvalue weighted by molar-refractivity contribution is 5.89. The Hall–Kier alpha value is -3.63. The Kier molecular flexibility index (Phi) is 9.24. The predicted octanol–water partition coefficient (Wildman–Crippen LogP) is 0.829. The van der Waals surface area contributed by atoms with E-state index in [4.69, 9.17) is 10.5 Å². The number of rotatable bonds is 7. The Morgan fingerprint density at radius 1 is 0.941 bits per heavy atom. The lowest BCUT2D eigenvalue weighted by molar-refractivity contribution is -0.121. The Balaban J connectivity index is 0.000000396. The first kappa shape index (κ1) is 25.0.